The fourth-order valence-electron chi connectivity index (χ4n) is 2.64. The number of nitrogens with zero attached hydrogens (tertiary/aromatic N) is 3. The number of Topliss-reactive ketones (excluding diaryl/α,β-unsaturated/α-hetero) is 1. The van der Waals surface area contributed by atoms with Crippen molar-refractivity contribution in [2.45, 2.75) is 30.8 Å². The van der Waals surface area contributed by atoms with Gasteiger partial charge in [0.15, 0.2) is 11.9 Å². The van der Waals surface area contributed by atoms with Crippen molar-refractivity contribution < 1.29 is 28.5 Å². The summed E-state index contributed by atoms with van der Waals surface area (Å²) in [4.78, 5) is 31.7. The Morgan fingerprint density at radius 3 is 2.73 bits per heavy atom. The van der Waals surface area contributed by atoms with E-state index in [1.807, 2.05) is 0 Å². The predicted octanol–water partition coefficient (Wildman–Crippen LogP) is -0.0504. The minimum atomic E-state index is -3.79. The maximum atomic E-state index is 14.1. The van der Waals surface area contributed by atoms with Crippen LogP contribution in [0.5, 0.6) is 0 Å². The molecule has 2 aromatic heterocycles. The molecule has 0 amide bonds. The molecule has 0 aromatic carbocycles. The van der Waals surface area contributed by atoms with Gasteiger partial charge in [-0.2, -0.15) is 13.8 Å². The summed E-state index contributed by atoms with van der Waals surface area (Å²) in [7, 11) is 0. The number of halogens is 2. The van der Waals surface area contributed by atoms with Gasteiger partial charge < -0.3 is 14.9 Å². The van der Waals surface area contributed by atoms with Crippen LogP contribution in [-0.4, -0.2) is 55.3 Å². The summed E-state index contributed by atoms with van der Waals surface area (Å²) in [5, 5.41) is 18.5. The van der Waals surface area contributed by atoms with Crippen LogP contribution in [0, 0.1) is 0 Å². The van der Waals surface area contributed by atoms with Crippen LogP contribution in [0.15, 0.2) is 41.6 Å². The molecule has 1 aliphatic heterocycles. The van der Waals surface area contributed by atoms with E-state index in [1.54, 1.807) is 12.1 Å². The van der Waals surface area contributed by atoms with Crippen molar-refractivity contribution in [3.8, 4) is 0 Å². The lowest BCUT2D eigenvalue weighted by Gasteiger charge is -2.21. The first kappa shape index (κ1) is 18.2. The van der Waals surface area contributed by atoms with Gasteiger partial charge in [-0.25, -0.2) is 4.79 Å². The zero-order valence-electron chi connectivity index (χ0n) is 13.3. The zero-order chi connectivity index (χ0) is 18.9. The molecule has 2 N–H and O–H groups in total. The van der Waals surface area contributed by atoms with Gasteiger partial charge >= 0.3 is 11.6 Å². The Kier molecular flexibility index (Phi) is 4.90. The predicted molar refractivity (Wildman–Crippen MR) is 82.7 cm³/mol. The molecule has 3 rings (SSSR count). The molecule has 8 nitrogen and oxygen atoms in total. The minimum Gasteiger partial charge on any atom is -0.394 e. The normalized spacial score (nSPS) is 24.5. The molecule has 2 aromatic rings. The number of rotatable bonds is 5. The molecule has 10 heteroatoms. The van der Waals surface area contributed by atoms with E-state index >= 15 is 0 Å². The first-order valence-electron chi connectivity index (χ1n) is 7.68. The van der Waals surface area contributed by atoms with E-state index < -0.39 is 36.7 Å². The van der Waals surface area contributed by atoms with E-state index in [4.69, 9.17) is 9.84 Å². The highest BCUT2D eigenvalue weighted by Crippen LogP contribution is 2.41. The fourth-order valence-corrected chi connectivity index (χ4v) is 2.64. The van der Waals surface area contributed by atoms with Gasteiger partial charge in [0.25, 0.3) is 0 Å². The Bertz CT molecular complexity index is 858. The van der Waals surface area contributed by atoms with Crippen LogP contribution in [0.25, 0.3) is 0 Å². The average Bonchev–Trinajstić information content (AvgIpc) is 2.85. The zero-order valence-corrected chi connectivity index (χ0v) is 13.3. The molecule has 3 heterocycles. The first-order chi connectivity index (χ1) is 12.3. The average molecular weight is 367 g/mol. The number of ether oxygens (including phenoxy) is 1. The standard InChI is InChI=1S/C16H15F2N3O5/c17-16(18)13(24)12(8-22)26-14(16)21-5-3-10(20-15(21)25)6-11(23)9-2-1-4-19-7-9/h1-5,7,12-14,22,24H,6,8H2/t12-,13-,14-/m1/s1. The van der Waals surface area contributed by atoms with Crippen LogP contribution in [0.3, 0.4) is 0 Å². The van der Waals surface area contributed by atoms with E-state index in [-0.39, 0.29) is 17.9 Å². The van der Waals surface area contributed by atoms with Gasteiger partial charge in [-0.15, -0.1) is 0 Å². The van der Waals surface area contributed by atoms with Crippen LogP contribution in [0.2, 0.25) is 0 Å². The second-order valence-electron chi connectivity index (χ2n) is 5.78. The molecule has 0 bridgehead atoms. The fraction of sp³-hybridized carbons (Fsp3) is 0.375. The third-order valence-corrected chi connectivity index (χ3v) is 4.02. The minimum absolute atomic E-state index is 0.0978. The molecule has 0 saturated carbocycles. The molecule has 3 atom stereocenters. The van der Waals surface area contributed by atoms with Crippen molar-refractivity contribution in [3.63, 3.8) is 0 Å². The second kappa shape index (κ2) is 6.98. The van der Waals surface area contributed by atoms with Crippen molar-refractivity contribution in [2.24, 2.45) is 0 Å². The number of carbonyl (C=O) groups is 1. The molecule has 0 unspecified atom stereocenters. The molecular weight excluding hydrogens is 352 g/mol. The van der Waals surface area contributed by atoms with Crippen LogP contribution in [0.1, 0.15) is 22.3 Å². The van der Waals surface area contributed by atoms with E-state index in [9.17, 15) is 23.5 Å². The Hall–Kier alpha value is -2.56. The third-order valence-electron chi connectivity index (χ3n) is 4.02. The number of alkyl halides is 2. The highest BCUT2D eigenvalue weighted by atomic mass is 19.3. The van der Waals surface area contributed by atoms with Crippen molar-refractivity contribution in [2.75, 3.05) is 6.61 Å². The summed E-state index contributed by atoms with van der Waals surface area (Å²) in [6.45, 7) is -0.826. The summed E-state index contributed by atoms with van der Waals surface area (Å²) in [5.41, 5.74) is -0.629. The van der Waals surface area contributed by atoms with Crippen molar-refractivity contribution in [1.29, 1.82) is 0 Å². The monoisotopic (exact) mass is 367 g/mol. The van der Waals surface area contributed by atoms with E-state index in [0.29, 0.717) is 10.1 Å². The quantitative estimate of drug-likeness (QED) is 0.712. The number of ketones is 1. The Morgan fingerprint density at radius 2 is 2.15 bits per heavy atom. The Balaban J connectivity index is 1.82. The molecule has 1 saturated heterocycles. The molecule has 0 spiro atoms. The maximum Gasteiger partial charge on any atom is 0.350 e. The van der Waals surface area contributed by atoms with Gasteiger partial charge in [-0.3, -0.25) is 14.3 Å². The topological polar surface area (TPSA) is 115 Å². The molecule has 1 aliphatic rings. The smallest absolute Gasteiger partial charge is 0.350 e. The number of aliphatic hydroxyl groups excluding tert-OH is 2. The van der Waals surface area contributed by atoms with Crippen molar-refractivity contribution >= 4 is 5.78 Å². The lowest BCUT2D eigenvalue weighted by Crippen LogP contribution is -2.41. The number of pyridine rings is 1. The second-order valence-corrected chi connectivity index (χ2v) is 5.78. The van der Waals surface area contributed by atoms with Gasteiger partial charge in [-0.05, 0) is 18.2 Å². The molecule has 26 heavy (non-hydrogen) atoms. The van der Waals surface area contributed by atoms with Crippen molar-refractivity contribution in [1.82, 2.24) is 14.5 Å². The Labute approximate surface area is 145 Å². The summed E-state index contributed by atoms with van der Waals surface area (Å²) >= 11 is 0. The van der Waals surface area contributed by atoms with Gasteiger partial charge in [0.1, 0.15) is 6.10 Å². The van der Waals surface area contributed by atoms with Crippen LogP contribution in [-0.2, 0) is 11.2 Å². The van der Waals surface area contributed by atoms with E-state index in [2.05, 4.69) is 9.97 Å². The largest absolute Gasteiger partial charge is 0.394 e. The lowest BCUT2D eigenvalue weighted by molar-refractivity contribution is -0.141. The lowest BCUT2D eigenvalue weighted by atomic mass is 10.1. The third kappa shape index (κ3) is 3.26. The number of aromatic nitrogens is 3. The van der Waals surface area contributed by atoms with E-state index in [0.717, 1.165) is 6.20 Å². The molecule has 0 radical (unpaired) electrons. The first-order valence-corrected chi connectivity index (χ1v) is 7.68. The van der Waals surface area contributed by atoms with Crippen LogP contribution in [0.4, 0.5) is 8.78 Å². The summed E-state index contributed by atoms with van der Waals surface area (Å²) < 4.78 is 33.6. The SMILES string of the molecule is O=C(Cc1ccn([C@@H]2O[C@H](CO)[C@@H](O)C2(F)F)c(=O)n1)c1cccnc1. The van der Waals surface area contributed by atoms with Gasteiger partial charge in [0, 0.05) is 24.2 Å². The molecule has 138 valence electrons. The number of carbonyl (C=O) groups excluding carboxylic acids is 1. The maximum absolute atomic E-state index is 14.1. The highest BCUT2D eigenvalue weighted by Gasteiger charge is 2.59. The Morgan fingerprint density at radius 1 is 1.38 bits per heavy atom. The molecule has 1 fully saturated rings. The van der Waals surface area contributed by atoms with Gasteiger partial charge in [0.2, 0.25) is 6.23 Å². The summed E-state index contributed by atoms with van der Waals surface area (Å²) in [6.07, 6.45) is -2.18. The van der Waals surface area contributed by atoms with Gasteiger partial charge in [-0.1, -0.05) is 0 Å². The summed E-state index contributed by atoms with van der Waals surface area (Å²) in [5.74, 6) is -4.12. The number of aliphatic hydroxyl groups is 2. The van der Waals surface area contributed by atoms with Gasteiger partial charge in [0.05, 0.1) is 18.7 Å². The van der Waals surface area contributed by atoms with Crippen molar-refractivity contribution in [3.05, 3.63) is 58.5 Å². The van der Waals surface area contributed by atoms with Crippen LogP contribution < -0.4 is 5.69 Å². The summed E-state index contributed by atoms with van der Waals surface area (Å²) in [6, 6.07) is 4.38. The number of hydrogen-bond acceptors (Lipinski definition) is 7. The number of hydrogen-bond donors (Lipinski definition) is 2. The molecular formula is C16H15F2N3O5. The van der Waals surface area contributed by atoms with E-state index in [1.165, 1.54) is 18.5 Å². The van der Waals surface area contributed by atoms with Crippen LogP contribution >= 0.6 is 0 Å². The highest BCUT2D eigenvalue weighted by molar-refractivity contribution is 5.96. The molecule has 0 aliphatic carbocycles.